The predicted octanol–water partition coefficient (Wildman–Crippen LogP) is 5.73. The smallest absolute Gasteiger partial charge is 0.269 e. The zero-order valence-electron chi connectivity index (χ0n) is 19.0. The maximum absolute atomic E-state index is 12.7. The third-order valence-electron chi connectivity index (χ3n) is 5.11. The molecule has 0 aliphatic heterocycles. The highest BCUT2D eigenvalue weighted by Crippen LogP contribution is 2.35. The van der Waals surface area contributed by atoms with Crippen LogP contribution in [0.1, 0.15) is 29.7 Å². The number of nitro groups is 1. The summed E-state index contributed by atoms with van der Waals surface area (Å²) in [5, 5.41) is 23.4. The van der Waals surface area contributed by atoms with Crippen molar-refractivity contribution in [1.82, 2.24) is 5.32 Å². The molecule has 0 bridgehead atoms. The molecule has 0 aromatic heterocycles. The lowest BCUT2D eigenvalue weighted by molar-refractivity contribution is -0.384. The number of nitriles is 1. The van der Waals surface area contributed by atoms with Gasteiger partial charge in [0.2, 0.25) is 0 Å². The summed E-state index contributed by atoms with van der Waals surface area (Å²) in [6, 6.07) is 20.6. The zero-order valence-corrected chi connectivity index (χ0v) is 20.6. The van der Waals surface area contributed by atoms with Crippen LogP contribution in [0.4, 0.5) is 5.69 Å². The highest BCUT2D eigenvalue weighted by molar-refractivity contribution is 9.10. The molecule has 3 aromatic rings. The summed E-state index contributed by atoms with van der Waals surface area (Å²) in [5.41, 5.74) is 2.00. The fraction of sp³-hybridized carbons (Fsp3) is 0.154. The number of nitro benzene ring substituents is 1. The molecule has 1 atom stereocenters. The van der Waals surface area contributed by atoms with Gasteiger partial charge in [-0.2, -0.15) is 5.26 Å². The van der Waals surface area contributed by atoms with Gasteiger partial charge < -0.3 is 14.8 Å². The van der Waals surface area contributed by atoms with E-state index >= 15 is 0 Å². The van der Waals surface area contributed by atoms with Gasteiger partial charge >= 0.3 is 0 Å². The van der Waals surface area contributed by atoms with Gasteiger partial charge in [-0.25, -0.2) is 0 Å². The molecule has 1 amide bonds. The lowest BCUT2D eigenvalue weighted by Gasteiger charge is -2.15. The molecular weight excluding hydrogens is 514 g/mol. The number of methoxy groups -OCH3 is 1. The van der Waals surface area contributed by atoms with E-state index < -0.39 is 10.8 Å². The number of ether oxygens (including phenoxy) is 2. The van der Waals surface area contributed by atoms with Crippen LogP contribution >= 0.6 is 15.9 Å². The molecule has 0 radical (unpaired) electrons. The van der Waals surface area contributed by atoms with Gasteiger partial charge in [-0.15, -0.1) is 0 Å². The number of carbonyl (C=O) groups excluding carboxylic acids is 1. The molecule has 0 aliphatic carbocycles. The molecule has 0 heterocycles. The van der Waals surface area contributed by atoms with E-state index in [-0.39, 0.29) is 23.9 Å². The van der Waals surface area contributed by atoms with Crippen LogP contribution in [0.5, 0.6) is 11.5 Å². The fourth-order valence-electron chi connectivity index (χ4n) is 3.26. The Labute approximate surface area is 211 Å². The second-order valence-electron chi connectivity index (χ2n) is 7.52. The average molecular weight is 536 g/mol. The molecular formula is C26H22BrN3O5. The van der Waals surface area contributed by atoms with Crippen LogP contribution in [0.3, 0.4) is 0 Å². The van der Waals surface area contributed by atoms with Gasteiger partial charge in [-0.1, -0.05) is 58.4 Å². The van der Waals surface area contributed by atoms with Gasteiger partial charge in [-0.05, 0) is 41.8 Å². The van der Waals surface area contributed by atoms with Gasteiger partial charge in [0.25, 0.3) is 11.6 Å². The van der Waals surface area contributed by atoms with Gasteiger partial charge in [-0.3, -0.25) is 14.9 Å². The molecule has 0 fully saturated rings. The molecule has 1 N–H and O–H groups in total. The lowest BCUT2D eigenvalue weighted by atomic mass is 10.1. The minimum absolute atomic E-state index is 0.0244. The summed E-state index contributed by atoms with van der Waals surface area (Å²) in [6.45, 7) is 1.93. The van der Waals surface area contributed by atoms with Gasteiger partial charge in [0.1, 0.15) is 18.2 Å². The Morgan fingerprint density at radius 1 is 1.17 bits per heavy atom. The average Bonchev–Trinajstić information content (AvgIpc) is 2.87. The monoisotopic (exact) mass is 535 g/mol. The minimum atomic E-state index is -0.499. The molecule has 0 unspecified atom stereocenters. The summed E-state index contributed by atoms with van der Waals surface area (Å²) >= 11 is 3.45. The SMILES string of the molecule is COc1cc(/C=C(/C#N)C(=O)N[C@@H](C)c2ccccc2)c(Br)cc1OCc1cccc([N+](=O)[O-])c1. The Kier molecular flexibility index (Phi) is 8.59. The van der Waals surface area contributed by atoms with Crippen molar-refractivity contribution in [1.29, 1.82) is 5.26 Å². The molecule has 9 heteroatoms. The number of amides is 1. The molecule has 0 saturated carbocycles. The third-order valence-corrected chi connectivity index (χ3v) is 5.80. The predicted molar refractivity (Wildman–Crippen MR) is 135 cm³/mol. The quantitative estimate of drug-likeness (QED) is 0.162. The van der Waals surface area contributed by atoms with Crippen molar-refractivity contribution in [2.45, 2.75) is 19.6 Å². The number of nitrogens with zero attached hydrogens (tertiary/aromatic N) is 2. The summed E-state index contributed by atoms with van der Waals surface area (Å²) in [4.78, 5) is 23.2. The Balaban J connectivity index is 1.79. The molecule has 178 valence electrons. The Morgan fingerprint density at radius 3 is 2.57 bits per heavy atom. The number of hydrogen-bond donors (Lipinski definition) is 1. The second kappa shape index (κ2) is 11.8. The maximum Gasteiger partial charge on any atom is 0.269 e. The number of non-ortho nitro benzene ring substituents is 1. The summed E-state index contributed by atoms with van der Waals surface area (Å²) in [5.74, 6) is 0.268. The Hall–Kier alpha value is -4.16. The van der Waals surface area contributed by atoms with Crippen molar-refractivity contribution in [2.24, 2.45) is 0 Å². The third kappa shape index (κ3) is 6.68. The highest BCUT2D eigenvalue weighted by atomic mass is 79.9. The van der Waals surface area contributed by atoms with Crippen molar-refractivity contribution in [2.75, 3.05) is 7.11 Å². The van der Waals surface area contributed by atoms with Crippen LogP contribution in [-0.2, 0) is 11.4 Å². The van der Waals surface area contributed by atoms with Crippen LogP contribution < -0.4 is 14.8 Å². The second-order valence-corrected chi connectivity index (χ2v) is 8.37. The minimum Gasteiger partial charge on any atom is -0.493 e. The van der Waals surface area contributed by atoms with Gasteiger partial charge in [0.05, 0.1) is 18.1 Å². The zero-order chi connectivity index (χ0) is 25.4. The number of hydrogen-bond acceptors (Lipinski definition) is 6. The molecule has 3 rings (SSSR count). The van der Waals surface area contributed by atoms with Crippen molar-refractivity contribution in [3.8, 4) is 17.6 Å². The fourth-order valence-corrected chi connectivity index (χ4v) is 3.70. The van der Waals surface area contributed by atoms with Crippen molar-refractivity contribution in [3.05, 3.63) is 104 Å². The van der Waals surface area contributed by atoms with Gasteiger partial charge in [0, 0.05) is 16.6 Å². The Bertz CT molecular complexity index is 1300. The molecule has 0 spiro atoms. The van der Waals surface area contributed by atoms with Crippen LogP contribution in [0.15, 0.2) is 76.8 Å². The van der Waals surface area contributed by atoms with Crippen LogP contribution in [-0.4, -0.2) is 17.9 Å². The molecule has 3 aromatic carbocycles. The van der Waals surface area contributed by atoms with E-state index in [1.54, 1.807) is 24.3 Å². The van der Waals surface area contributed by atoms with Crippen LogP contribution in [0.2, 0.25) is 0 Å². The first-order valence-corrected chi connectivity index (χ1v) is 11.3. The van der Waals surface area contributed by atoms with Crippen molar-refractivity contribution < 1.29 is 19.2 Å². The number of carbonyl (C=O) groups is 1. The van der Waals surface area contributed by atoms with E-state index in [9.17, 15) is 20.2 Å². The maximum atomic E-state index is 12.7. The van der Waals surface area contributed by atoms with E-state index in [0.29, 0.717) is 27.1 Å². The first kappa shape index (κ1) is 25.5. The van der Waals surface area contributed by atoms with E-state index in [1.165, 1.54) is 25.3 Å². The molecule has 35 heavy (non-hydrogen) atoms. The van der Waals surface area contributed by atoms with Crippen molar-refractivity contribution in [3.63, 3.8) is 0 Å². The van der Waals surface area contributed by atoms with E-state index in [0.717, 1.165) is 5.56 Å². The summed E-state index contributed by atoms with van der Waals surface area (Å²) in [7, 11) is 1.47. The van der Waals surface area contributed by atoms with Crippen LogP contribution in [0.25, 0.3) is 6.08 Å². The Morgan fingerprint density at radius 2 is 1.91 bits per heavy atom. The number of benzene rings is 3. The highest BCUT2D eigenvalue weighted by Gasteiger charge is 2.16. The lowest BCUT2D eigenvalue weighted by Crippen LogP contribution is -2.27. The molecule has 0 aliphatic rings. The van der Waals surface area contributed by atoms with Crippen molar-refractivity contribution >= 4 is 33.6 Å². The first-order valence-electron chi connectivity index (χ1n) is 10.5. The summed E-state index contributed by atoms with van der Waals surface area (Å²) < 4.78 is 11.8. The number of nitrogens with one attached hydrogen (secondary N) is 1. The number of rotatable bonds is 9. The topological polar surface area (TPSA) is 114 Å². The molecule has 8 nitrogen and oxygen atoms in total. The largest absolute Gasteiger partial charge is 0.493 e. The standard InChI is InChI=1S/C26H22BrN3O5/c1-17(19-8-4-3-5-9-19)29-26(31)21(15-28)12-20-13-24(34-2)25(14-23(20)27)35-16-18-7-6-10-22(11-18)30(32)33/h3-14,17H,16H2,1-2H3,(H,29,31)/b21-12-/t17-/m0/s1. The van der Waals surface area contributed by atoms with Gasteiger partial charge in [0.15, 0.2) is 11.5 Å². The van der Waals surface area contributed by atoms with E-state index in [1.807, 2.05) is 43.3 Å². The first-order chi connectivity index (χ1) is 16.8. The van der Waals surface area contributed by atoms with Crippen LogP contribution in [0, 0.1) is 21.4 Å². The summed E-state index contributed by atoms with van der Waals surface area (Å²) in [6.07, 6.45) is 1.46. The van der Waals surface area contributed by atoms with E-state index in [4.69, 9.17) is 9.47 Å². The normalized spacial score (nSPS) is 11.8. The number of halogens is 1. The van der Waals surface area contributed by atoms with E-state index in [2.05, 4.69) is 21.2 Å². The molecule has 0 saturated heterocycles.